The first-order chi connectivity index (χ1) is 9.24. The molecule has 0 amide bonds. The molecule has 1 aromatic carbocycles. The molecule has 1 rings (SSSR count). The lowest BCUT2D eigenvalue weighted by atomic mass is 10.0. The summed E-state index contributed by atoms with van der Waals surface area (Å²) in [5.74, 6) is -0.195. The summed E-state index contributed by atoms with van der Waals surface area (Å²) in [4.78, 5) is 11.2. The molecule has 0 aromatic heterocycles. The summed E-state index contributed by atoms with van der Waals surface area (Å²) in [6.07, 6.45) is 8.41. The first-order valence-corrected chi connectivity index (χ1v) is 7.46. The molecular formula is C17H26O2. The van der Waals surface area contributed by atoms with Crippen molar-refractivity contribution in [3.8, 4) is 0 Å². The molecule has 0 aliphatic rings. The van der Waals surface area contributed by atoms with E-state index in [-0.39, 0.29) is 12.1 Å². The Morgan fingerprint density at radius 1 is 1.05 bits per heavy atom. The van der Waals surface area contributed by atoms with Crippen LogP contribution in [0.15, 0.2) is 30.3 Å². The van der Waals surface area contributed by atoms with Gasteiger partial charge in [0.25, 0.3) is 0 Å². The maximum atomic E-state index is 11.2. The van der Waals surface area contributed by atoms with E-state index < -0.39 is 0 Å². The number of rotatable bonds is 9. The summed E-state index contributed by atoms with van der Waals surface area (Å²) in [5.41, 5.74) is 1.10. The lowest BCUT2D eigenvalue weighted by molar-refractivity contribution is -0.147. The normalized spacial score (nSPS) is 12.1. The van der Waals surface area contributed by atoms with Crippen molar-refractivity contribution in [2.24, 2.45) is 0 Å². The van der Waals surface area contributed by atoms with Crippen molar-refractivity contribution in [1.29, 1.82) is 0 Å². The maximum Gasteiger partial charge on any atom is 0.303 e. The predicted molar refractivity (Wildman–Crippen MR) is 78.9 cm³/mol. The first kappa shape index (κ1) is 15.7. The van der Waals surface area contributed by atoms with E-state index in [2.05, 4.69) is 6.92 Å². The van der Waals surface area contributed by atoms with E-state index >= 15 is 0 Å². The molecule has 0 saturated carbocycles. The molecule has 0 fully saturated rings. The van der Waals surface area contributed by atoms with Crippen LogP contribution in [0.3, 0.4) is 0 Å². The molecule has 0 bridgehead atoms. The Kier molecular flexibility index (Phi) is 7.95. The summed E-state index contributed by atoms with van der Waals surface area (Å²) in [6, 6.07) is 10.0. The van der Waals surface area contributed by atoms with Crippen molar-refractivity contribution in [3.63, 3.8) is 0 Å². The van der Waals surface area contributed by atoms with Crippen LogP contribution in [0, 0.1) is 0 Å². The number of carbonyl (C=O) groups excluding carboxylic acids is 1. The van der Waals surface area contributed by atoms with Crippen LogP contribution in [0.5, 0.6) is 0 Å². The lowest BCUT2D eigenvalue weighted by Gasteiger charge is -2.17. The quantitative estimate of drug-likeness (QED) is 0.460. The van der Waals surface area contributed by atoms with Gasteiger partial charge >= 0.3 is 5.97 Å². The number of benzene rings is 1. The van der Waals surface area contributed by atoms with Crippen LogP contribution >= 0.6 is 0 Å². The number of unbranched alkanes of at least 4 members (excludes halogenated alkanes) is 5. The zero-order chi connectivity index (χ0) is 13.9. The van der Waals surface area contributed by atoms with Crippen LogP contribution < -0.4 is 0 Å². The fraction of sp³-hybridized carbons (Fsp3) is 0.588. The average Bonchev–Trinajstić information content (AvgIpc) is 2.42. The Hall–Kier alpha value is -1.31. The maximum absolute atomic E-state index is 11.2. The van der Waals surface area contributed by atoms with Gasteiger partial charge in [-0.05, 0) is 18.4 Å². The molecule has 2 nitrogen and oxygen atoms in total. The minimum Gasteiger partial charge on any atom is -0.458 e. The van der Waals surface area contributed by atoms with E-state index in [1.54, 1.807) is 0 Å². The predicted octanol–water partition coefficient (Wildman–Crippen LogP) is 5.04. The molecule has 0 heterocycles. The Bertz CT molecular complexity index is 346. The Labute approximate surface area is 117 Å². The Morgan fingerprint density at radius 2 is 1.68 bits per heavy atom. The van der Waals surface area contributed by atoms with Crippen LogP contribution in [0.1, 0.15) is 70.5 Å². The minimum atomic E-state index is -0.195. The standard InChI is InChI=1S/C17H26O2/c1-3-4-5-6-7-11-14-17(19-15(2)18)16-12-9-8-10-13-16/h8-10,12-13,17H,3-7,11,14H2,1-2H3/t17-/m1/s1. The smallest absolute Gasteiger partial charge is 0.303 e. The third-order valence-corrected chi connectivity index (χ3v) is 3.30. The largest absolute Gasteiger partial charge is 0.458 e. The van der Waals surface area contributed by atoms with Gasteiger partial charge in [0, 0.05) is 6.92 Å². The number of hydrogen-bond donors (Lipinski definition) is 0. The van der Waals surface area contributed by atoms with E-state index in [0.717, 1.165) is 18.4 Å². The fourth-order valence-corrected chi connectivity index (χ4v) is 2.27. The van der Waals surface area contributed by atoms with Crippen molar-refractivity contribution in [1.82, 2.24) is 0 Å². The second-order valence-electron chi connectivity index (χ2n) is 5.07. The van der Waals surface area contributed by atoms with Gasteiger partial charge in [-0.1, -0.05) is 69.4 Å². The second kappa shape index (κ2) is 9.60. The molecule has 106 valence electrons. The highest BCUT2D eigenvalue weighted by atomic mass is 16.5. The summed E-state index contributed by atoms with van der Waals surface area (Å²) < 4.78 is 5.43. The highest BCUT2D eigenvalue weighted by molar-refractivity contribution is 5.66. The number of esters is 1. The van der Waals surface area contributed by atoms with Crippen LogP contribution in [0.25, 0.3) is 0 Å². The summed E-state index contributed by atoms with van der Waals surface area (Å²) in [7, 11) is 0. The lowest BCUT2D eigenvalue weighted by Crippen LogP contribution is -2.08. The number of carbonyl (C=O) groups is 1. The van der Waals surface area contributed by atoms with Gasteiger partial charge in [0.2, 0.25) is 0 Å². The third kappa shape index (κ3) is 7.00. The third-order valence-electron chi connectivity index (χ3n) is 3.30. The fourth-order valence-electron chi connectivity index (χ4n) is 2.27. The molecule has 0 unspecified atom stereocenters. The van der Waals surface area contributed by atoms with Crippen molar-refractivity contribution < 1.29 is 9.53 Å². The summed E-state index contributed by atoms with van der Waals surface area (Å²) in [6.45, 7) is 3.71. The van der Waals surface area contributed by atoms with Crippen LogP contribution in [0.2, 0.25) is 0 Å². The van der Waals surface area contributed by atoms with Gasteiger partial charge in [-0.25, -0.2) is 0 Å². The molecule has 19 heavy (non-hydrogen) atoms. The first-order valence-electron chi connectivity index (χ1n) is 7.46. The average molecular weight is 262 g/mol. The second-order valence-corrected chi connectivity index (χ2v) is 5.07. The zero-order valence-corrected chi connectivity index (χ0v) is 12.2. The minimum absolute atomic E-state index is 0.0788. The van der Waals surface area contributed by atoms with Crippen molar-refractivity contribution in [2.45, 2.75) is 64.9 Å². The SMILES string of the molecule is CCCCCCCC[C@@H](OC(C)=O)c1ccccc1. The van der Waals surface area contributed by atoms with Crippen LogP contribution in [-0.2, 0) is 9.53 Å². The molecule has 0 aliphatic carbocycles. The molecule has 2 heteroatoms. The summed E-state index contributed by atoms with van der Waals surface area (Å²) >= 11 is 0. The van der Waals surface area contributed by atoms with E-state index in [1.807, 2.05) is 30.3 Å². The molecule has 0 radical (unpaired) electrons. The van der Waals surface area contributed by atoms with Gasteiger partial charge in [-0.3, -0.25) is 4.79 Å². The van der Waals surface area contributed by atoms with Gasteiger partial charge < -0.3 is 4.74 Å². The Morgan fingerprint density at radius 3 is 2.32 bits per heavy atom. The van der Waals surface area contributed by atoms with Crippen LogP contribution in [-0.4, -0.2) is 5.97 Å². The van der Waals surface area contributed by atoms with Gasteiger partial charge in [0.1, 0.15) is 6.10 Å². The van der Waals surface area contributed by atoms with Crippen molar-refractivity contribution in [2.75, 3.05) is 0 Å². The van der Waals surface area contributed by atoms with Crippen LogP contribution in [0.4, 0.5) is 0 Å². The highest BCUT2D eigenvalue weighted by Crippen LogP contribution is 2.24. The van der Waals surface area contributed by atoms with E-state index in [4.69, 9.17) is 4.74 Å². The molecule has 0 spiro atoms. The summed E-state index contributed by atoms with van der Waals surface area (Å²) in [5, 5.41) is 0. The highest BCUT2D eigenvalue weighted by Gasteiger charge is 2.13. The molecule has 0 N–H and O–H groups in total. The van der Waals surface area contributed by atoms with Crippen molar-refractivity contribution >= 4 is 5.97 Å². The Balaban J connectivity index is 2.36. The molecule has 0 aliphatic heterocycles. The molecule has 1 aromatic rings. The number of ether oxygens (including phenoxy) is 1. The zero-order valence-electron chi connectivity index (χ0n) is 12.2. The van der Waals surface area contributed by atoms with Crippen molar-refractivity contribution in [3.05, 3.63) is 35.9 Å². The monoisotopic (exact) mass is 262 g/mol. The van der Waals surface area contributed by atoms with Gasteiger partial charge in [-0.15, -0.1) is 0 Å². The van der Waals surface area contributed by atoms with E-state index in [1.165, 1.54) is 39.0 Å². The van der Waals surface area contributed by atoms with E-state index in [9.17, 15) is 4.79 Å². The molecule has 1 atom stereocenters. The van der Waals surface area contributed by atoms with Gasteiger partial charge in [0.05, 0.1) is 0 Å². The van der Waals surface area contributed by atoms with Gasteiger partial charge in [-0.2, -0.15) is 0 Å². The number of hydrogen-bond acceptors (Lipinski definition) is 2. The molecular weight excluding hydrogens is 236 g/mol. The topological polar surface area (TPSA) is 26.3 Å². The van der Waals surface area contributed by atoms with E-state index in [0.29, 0.717) is 0 Å². The molecule has 0 saturated heterocycles. The van der Waals surface area contributed by atoms with Gasteiger partial charge in [0.15, 0.2) is 0 Å².